The number of hydrogen-bond acceptors (Lipinski definition) is 5. The van der Waals surface area contributed by atoms with E-state index in [0.717, 1.165) is 0 Å². The van der Waals surface area contributed by atoms with Gasteiger partial charge in [-0.25, -0.2) is 0 Å². The summed E-state index contributed by atoms with van der Waals surface area (Å²) in [6.45, 7) is 1.99. The Morgan fingerprint density at radius 1 is 0.885 bits per heavy atom. The van der Waals surface area contributed by atoms with Crippen LogP contribution in [0.15, 0.2) is 55.2 Å². The van der Waals surface area contributed by atoms with Gasteiger partial charge in [0, 0.05) is 49.6 Å². The van der Waals surface area contributed by atoms with E-state index in [1.807, 2.05) is 24.5 Å². The van der Waals surface area contributed by atoms with Crippen LogP contribution in [0.3, 0.4) is 0 Å². The lowest BCUT2D eigenvalue weighted by molar-refractivity contribution is 0.0947. The van der Waals surface area contributed by atoms with Crippen molar-refractivity contribution in [3.8, 4) is 0 Å². The minimum Gasteiger partial charge on any atom is -0.350 e. The smallest absolute Gasteiger partial charge is 0.269 e. The number of amides is 2. The minimum absolute atomic E-state index is 0.199. The molecule has 0 spiro atoms. The first-order valence-electron chi connectivity index (χ1n) is 8.20. The fraction of sp³-hybridized carbons (Fsp3) is 0.235. The van der Waals surface area contributed by atoms with Gasteiger partial charge in [0.1, 0.15) is 5.69 Å². The second-order valence-corrected chi connectivity index (χ2v) is 5.48. The van der Waals surface area contributed by atoms with Crippen molar-refractivity contribution in [3.05, 3.63) is 66.5 Å². The van der Waals surface area contributed by atoms with Crippen LogP contribution in [-0.4, -0.2) is 49.4 Å². The molecule has 3 rings (SSSR count). The third-order valence-electron chi connectivity index (χ3n) is 3.63. The lowest BCUT2D eigenvalue weighted by Crippen LogP contribution is -2.30. The number of rotatable bonds is 8. The second-order valence-electron chi connectivity index (χ2n) is 5.48. The van der Waals surface area contributed by atoms with Gasteiger partial charge in [0.15, 0.2) is 0 Å². The molecular weight excluding hydrogens is 334 g/mol. The van der Waals surface area contributed by atoms with Gasteiger partial charge in [0.05, 0.1) is 13.1 Å². The Morgan fingerprint density at radius 3 is 2.08 bits per heavy atom. The summed E-state index contributed by atoms with van der Waals surface area (Å²) < 4.78 is 3.45. The van der Waals surface area contributed by atoms with Gasteiger partial charge < -0.3 is 10.6 Å². The summed E-state index contributed by atoms with van der Waals surface area (Å²) >= 11 is 0. The van der Waals surface area contributed by atoms with Gasteiger partial charge in [-0.05, 0) is 24.3 Å². The van der Waals surface area contributed by atoms with Gasteiger partial charge in [-0.2, -0.15) is 10.2 Å². The second kappa shape index (κ2) is 8.56. The number of pyridine rings is 1. The molecule has 3 aromatic rings. The number of aromatic nitrogens is 5. The highest BCUT2D eigenvalue weighted by Crippen LogP contribution is 2.02. The zero-order chi connectivity index (χ0) is 18.2. The first-order valence-corrected chi connectivity index (χ1v) is 8.20. The Balaban J connectivity index is 1.49. The molecule has 0 atom stereocenters. The van der Waals surface area contributed by atoms with Crippen LogP contribution >= 0.6 is 0 Å². The summed E-state index contributed by atoms with van der Waals surface area (Å²) in [5.74, 6) is -0.589. The number of nitrogens with zero attached hydrogens (tertiary/aromatic N) is 5. The van der Waals surface area contributed by atoms with Crippen LogP contribution in [0.2, 0.25) is 0 Å². The van der Waals surface area contributed by atoms with E-state index >= 15 is 0 Å². The highest BCUT2D eigenvalue weighted by atomic mass is 16.2. The average molecular weight is 353 g/mol. The first-order chi connectivity index (χ1) is 12.7. The summed E-state index contributed by atoms with van der Waals surface area (Å²) in [6.07, 6.45) is 8.45. The molecule has 3 aromatic heterocycles. The molecule has 0 fully saturated rings. The maximum Gasteiger partial charge on any atom is 0.269 e. The standard InChI is InChI=1S/C17H19N7O2/c25-16(19-7-11-23-9-1-4-21-23)14-3-6-18-15(13-14)17(26)20-8-12-24-10-2-5-22-24/h1-6,9-10,13H,7-8,11-12H2,(H,19,25)(H,20,26). The van der Waals surface area contributed by atoms with Crippen LogP contribution in [0.5, 0.6) is 0 Å². The molecule has 9 nitrogen and oxygen atoms in total. The van der Waals surface area contributed by atoms with E-state index in [4.69, 9.17) is 0 Å². The lowest BCUT2D eigenvalue weighted by atomic mass is 10.2. The number of nitrogens with one attached hydrogen (secondary N) is 2. The molecule has 0 bridgehead atoms. The maximum atomic E-state index is 12.2. The highest BCUT2D eigenvalue weighted by Gasteiger charge is 2.11. The van der Waals surface area contributed by atoms with Crippen molar-refractivity contribution < 1.29 is 9.59 Å². The summed E-state index contributed by atoms with van der Waals surface area (Å²) in [5.41, 5.74) is 0.586. The maximum absolute atomic E-state index is 12.2. The van der Waals surface area contributed by atoms with Gasteiger partial charge in [-0.1, -0.05) is 0 Å². The zero-order valence-electron chi connectivity index (χ0n) is 14.1. The van der Waals surface area contributed by atoms with Gasteiger partial charge in [0.2, 0.25) is 0 Å². The van der Waals surface area contributed by atoms with Crippen LogP contribution < -0.4 is 10.6 Å². The van der Waals surface area contributed by atoms with Crippen LogP contribution in [0.4, 0.5) is 0 Å². The summed E-state index contributed by atoms with van der Waals surface area (Å²) in [5, 5.41) is 13.7. The first kappa shape index (κ1) is 17.3. The molecule has 0 aliphatic rings. The largest absolute Gasteiger partial charge is 0.350 e. The molecule has 0 aliphatic heterocycles. The van der Waals surface area contributed by atoms with Crippen molar-refractivity contribution in [2.45, 2.75) is 13.1 Å². The highest BCUT2D eigenvalue weighted by molar-refractivity contribution is 5.98. The monoisotopic (exact) mass is 353 g/mol. The topological polar surface area (TPSA) is 107 Å². The fourth-order valence-corrected chi connectivity index (χ4v) is 2.32. The summed E-state index contributed by atoms with van der Waals surface area (Å²) in [6, 6.07) is 6.69. The Morgan fingerprint density at radius 2 is 1.50 bits per heavy atom. The molecular formula is C17H19N7O2. The van der Waals surface area contributed by atoms with E-state index in [1.54, 1.807) is 27.8 Å². The predicted octanol–water partition coefficient (Wildman–Crippen LogP) is 0.335. The molecule has 2 amide bonds. The quantitative estimate of drug-likeness (QED) is 0.607. The number of hydrogen-bond donors (Lipinski definition) is 2. The van der Waals surface area contributed by atoms with E-state index in [0.29, 0.717) is 31.7 Å². The van der Waals surface area contributed by atoms with Crippen molar-refractivity contribution in [1.82, 2.24) is 35.2 Å². The van der Waals surface area contributed by atoms with Crippen molar-refractivity contribution in [2.24, 2.45) is 0 Å². The number of carbonyl (C=O) groups excluding carboxylic acids is 2. The van der Waals surface area contributed by atoms with E-state index < -0.39 is 0 Å². The van der Waals surface area contributed by atoms with Crippen LogP contribution in [0.1, 0.15) is 20.8 Å². The van der Waals surface area contributed by atoms with Crippen molar-refractivity contribution in [3.63, 3.8) is 0 Å². The third kappa shape index (κ3) is 4.76. The molecule has 2 N–H and O–H groups in total. The van der Waals surface area contributed by atoms with E-state index in [2.05, 4.69) is 25.8 Å². The molecule has 3 heterocycles. The molecule has 9 heteroatoms. The summed E-state index contributed by atoms with van der Waals surface area (Å²) in [7, 11) is 0. The molecule has 0 saturated heterocycles. The molecule has 0 aliphatic carbocycles. The Labute approximate surface area is 150 Å². The Kier molecular flexibility index (Phi) is 5.71. The zero-order valence-corrected chi connectivity index (χ0v) is 14.1. The van der Waals surface area contributed by atoms with Gasteiger partial charge in [0.25, 0.3) is 11.8 Å². The molecule has 0 unspecified atom stereocenters. The van der Waals surface area contributed by atoms with Crippen LogP contribution in [-0.2, 0) is 13.1 Å². The molecule has 0 saturated carbocycles. The van der Waals surface area contributed by atoms with Gasteiger partial charge in [-0.15, -0.1) is 0 Å². The van der Waals surface area contributed by atoms with Crippen molar-refractivity contribution in [2.75, 3.05) is 13.1 Å². The number of carbonyl (C=O) groups is 2. The molecule has 0 radical (unpaired) electrons. The molecule has 134 valence electrons. The third-order valence-corrected chi connectivity index (χ3v) is 3.63. The van der Waals surface area contributed by atoms with Crippen molar-refractivity contribution >= 4 is 11.8 Å². The van der Waals surface area contributed by atoms with Crippen LogP contribution in [0.25, 0.3) is 0 Å². The van der Waals surface area contributed by atoms with E-state index in [-0.39, 0.29) is 17.5 Å². The predicted molar refractivity (Wildman–Crippen MR) is 93.4 cm³/mol. The SMILES string of the molecule is O=C(NCCn1cccn1)c1ccnc(C(=O)NCCn2cccn2)c1. The van der Waals surface area contributed by atoms with E-state index in [9.17, 15) is 9.59 Å². The lowest BCUT2D eigenvalue weighted by Gasteiger charge is -2.08. The van der Waals surface area contributed by atoms with Crippen LogP contribution in [0, 0.1) is 0 Å². The fourth-order valence-electron chi connectivity index (χ4n) is 2.32. The van der Waals surface area contributed by atoms with E-state index in [1.165, 1.54) is 12.3 Å². The molecule has 0 aromatic carbocycles. The normalized spacial score (nSPS) is 10.5. The summed E-state index contributed by atoms with van der Waals surface area (Å²) in [4.78, 5) is 28.4. The van der Waals surface area contributed by atoms with Crippen molar-refractivity contribution in [1.29, 1.82) is 0 Å². The minimum atomic E-state index is -0.330. The Hall–Kier alpha value is -3.49. The van der Waals surface area contributed by atoms with Gasteiger partial charge in [-0.3, -0.25) is 23.9 Å². The van der Waals surface area contributed by atoms with Gasteiger partial charge >= 0.3 is 0 Å². The molecule has 26 heavy (non-hydrogen) atoms. The Bertz CT molecular complexity index is 776. The average Bonchev–Trinajstić information content (AvgIpc) is 3.35.